The van der Waals surface area contributed by atoms with Crippen LogP contribution in [0.5, 0.6) is 0 Å². The Labute approximate surface area is 173 Å². The van der Waals surface area contributed by atoms with E-state index in [-0.39, 0.29) is 5.56 Å². The molecule has 0 spiro atoms. The van der Waals surface area contributed by atoms with Crippen molar-refractivity contribution in [3.8, 4) is 0 Å². The van der Waals surface area contributed by atoms with Gasteiger partial charge in [0.1, 0.15) is 10.7 Å². The molecule has 150 valence electrons. The summed E-state index contributed by atoms with van der Waals surface area (Å²) < 4.78 is 1.10. The van der Waals surface area contributed by atoms with E-state index in [1.54, 1.807) is 23.7 Å². The first-order valence-electron chi connectivity index (χ1n) is 9.93. The highest BCUT2D eigenvalue weighted by Gasteiger charge is 2.20. The Kier molecular flexibility index (Phi) is 5.82. The number of fused-ring (bicyclic) bond motifs is 3. The molecule has 1 aliphatic rings. The van der Waals surface area contributed by atoms with E-state index in [0.29, 0.717) is 11.9 Å². The van der Waals surface area contributed by atoms with Gasteiger partial charge in [0.05, 0.1) is 11.9 Å². The molecule has 8 heteroatoms. The van der Waals surface area contributed by atoms with Crippen LogP contribution in [0, 0.1) is 0 Å². The number of benzene rings is 1. The molecule has 0 amide bonds. The summed E-state index contributed by atoms with van der Waals surface area (Å²) in [6, 6.07) is 9.79. The molecule has 5 rings (SSSR count). The first-order valence-corrected chi connectivity index (χ1v) is 10.7. The summed E-state index contributed by atoms with van der Waals surface area (Å²) in [7, 11) is 0. The van der Waals surface area contributed by atoms with Crippen molar-refractivity contribution in [2.24, 2.45) is 0 Å². The van der Waals surface area contributed by atoms with Crippen LogP contribution in [0.4, 0.5) is 5.95 Å². The Morgan fingerprint density at radius 1 is 1.03 bits per heavy atom. The van der Waals surface area contributed by atoms with Gasteiger partial charge in [0.2, 0.25) is 5.95 Å². The monoisotopic (exact) mass is 408 g/mol. The number of thiophene rings is 1. The van der Waals surface area contributed by atoms with Gasteiger partial charge in [0.15, 0.2) is 0 Å². The zero-order chi connectivity index (χ0) is 20.2. The second-order valence-electron chi connectivity index (χ2n) is 6.60. The predicted molar refractivity (Wildman–Crippen MR) is 119 cm³/mol. The molecule has 3 aromatic heterocycles. The SMILES string of the molecule is CC.O=c1[nH]c(CN2CCN(c3ncccn3)CC2)nc2sc3ccccc3c12. The van der Waals surface area contributed by atoms with Gasteiger partial charge >= 0.3 is 0 Å². The summed E-state index contributed by atoms with van der Waals surface area (Å²) in [6.07, 6.45) is 3.53. The van der Waals surface area contributed by atoms with E-state index in [4.69, 9.17) is 4.98 Å². The molecule has 1 aliphatic heterocycles. The van der Waals surface area contributed by atoms with Gasteiger partial charge in [0.25, 0.3) is 5.56 Å². The summed E-state index contributed by atoms with van der Waals surface area (Å²) in [5.74, 6) is 1.50. The van der Waals surface area contributed by atoms with Crippen LogP contribution in [0.25, 0.3) is 20.3 Å². The van der Waals surface area contributed by atoms with Crippen molar-refractivity contribution in [3.05, 3.63) is 58.9 Å². The number of aromatic amines is 1. The highest BCUT2D eigenvalue weighted by molar-refractivity contribution is 7.25. The number of anilines is 1. The summed E-state index contributed by atoms with van der Waals surface area (Å²) in [5.41, 5.74) is -0.0521. The third kappa shape index (κ3) is 3.99. The maximum Gasteiger partial charge on any atom is 0.260 e. The van der Waals surface area contributed by atoms with Crippen molar-refractivity contribution in [1.82, 2.24) is 24.8 Å². The fourth-order valence-electron chi connectivity index (χ4n) is 3.52. The van der Waals surface area contributed by atoms with Gasteiger partial charge in [0, 0.05) is 48.7 Å². The largest absolute Gasteiger partial charge is 0.338 e. The predicted octanol–water partition coefficient (Wildman–Crippen LogP) is 3.28. The Morgan fingerprint density at radius 3 is 2.52 bits per heavy atom. The third-order valence-corrected chi connectivity index (χ3v) is 5.94. The lowest BCUT2D eigenvalue weighted by Crippen LogP contribution is -2.46. The third-order valence-electron chi connectivity index (χ3n) is 4.88. The molecular formula is C21H24N6OS. The Balaban J connectivity index is 0.000000994. The van der Waals surface area contributed by atoms with Crippen LogP contribution in [0.15, 0.2) is 47.5 Å². The van der Waals surface area contributed by atoms with Crippen molar-refractivity contribution in [1.29, 1.82) is 0 Å². The van der Waals surface area contributed by atoms with Crippen LogP contribution in [0.2, 0.25) is 0 Å². The maximum atomic E-state index is 12.6. The van der Waals surface area contributed by atoms with Crippen molar-refractivity contribution in [3.63, 3.8) is 0 Å². The molecule has 4 heterocycles. The van der Waals surface area contributed by atoms with E-state index in [2.05, 4.69) is 24.8 Å². The molecule has 1 saturated heterocycles. The van der Waals surface area contributed by atoms with E-state index in [9.17, 15) is 4.79 Å². The number of hydrogen-bond acceptors (Lipinski definition) is 7. The van der Waals surface area contributed by atoms with E-state index in [1.807, 2.05) is 44.2 Å². The van der Waals surface area contributed by atoms with Crippen LogP contribution in [-0.2, 0) is 6.54 Å². The van der Waals surface area contributed by atoms with Crippen LogP contribution >= 0.6 is 11.3 Å². The average Bonchev–Trinajstić information content (AvgIpc) is 3.15. The second-order valence-corrected chi connectivity index (χ2v) is 7.63. The standard InChI is InChI=1S/C19H18N6OS.C2H6/c26-17-16-13-4-1-2-5-14(13)27-18(16)23-15(22-17)12-24-8-10-25(11-9-24)19-20-6-3-7-21-19;1-2/h1-7H,8-12H2,(H,22,23,26);1-2H3. The normalized spacial score (nSPS) is 14.8. The molecule has 1 N–H and O–H groups in total. The van der Waals surface area contributed by atoms with Crippen LogP contribution in [0.1, 0.15) is 19.7 Å². The zero-order valence-corrected chi connectivity index (χ0v) is 17.4. The lowest BCUT2D eigenvalue weighted by atomic mass is 10.2. The highest BCUT2D eigenvalue weighted by Crippen LogP contribution is 2.29. The Morgan fingerprint density at radius 2 is 1.76 bits per heavy atom. The van der Waals surface area contributed by atoms with Gasteiger partial charge in [-0.1, -0.05) is 32.0 Å². The van der Waals surface area contributed by atoms with Gasteiger partial charge in [-0.05, 0) is 12.1 Å². The number of H-pyrrole nitrogens is 1. The zero-order valence-electron chi connectivity index (χ0n) is 16.6. The minimum absolute atomic E-state index is 0.0521. The topological polar surface area (TPSA) is 78.0 Å². The lowest BCUT2D eigenvalue weighted by Gasteiger charge is -2.34. The fourth-order valence-corrected chi connectivity index (χ4v) is 4.62. The van der Waals surface area contributed by atoms with E-state index in [1.165, 1.54) is 0 Å². The molecule has 1 fully saturated rings. The summed E-state index contributed by atoms with van der Waals surface area (Å²) in [4.78, 5) is 34.3. The maximum absolute atomic E-state index is 12.6. The molecule has 0 radical (unpaired) electrons. The Hall–Kier alpha value is -2.84. The highest BCUT2D eigenvalue weighted by atomic mass is 32.1. The van der Waals surface area contributed by atoms with Crippen LogP contribution < -0.4 is 10.5 Å². The van der Waals surface area contributed by atoms with Crippen LogP contribution in [0.3, 0.4) is 0 Å². The Bertz CT molecular complexity index is 1150. The molecule has 0 saturated carbocycles. The lowest BCUT2D eigenvalue weighted by molar-refractivity contribution is 0.243. The minimum atomic E-state index is -0.0521. The van der Waals surface area contributed by atoms with Gasteiger partial charge in [-0.15, -0.1) is 11.3 Å². The van der Waals surface area contributed by atoms with Gasteiger partial charge in [-0.25, -0.2) is 15.0 Å². The van der Waals surface area contributed by atoms with E-state index in [0.717, 1.165) is 52.9 Å². The first kappa shape index (κ1) is 19.5. The molecule has 0 unspecified atom stereocenters. The van der Waals surface area contributed by atoms with Crippen molar-refractivity contribution < 1.29 is 0 Å². The smallest absolute Gasteiger partial charge is 0.260 e. The molecule has 0 atom stereocenters. The summed E-state index contributed by atoms with van der Waals surface area (Å²) >= 11 is 1.58. The molecule has 29 heavy (non-hydrogen) atoms. The minimum Gasteiger partial charge on any atom is -0.338 e. The van der Waals surface area contributed by atoms with Gasteiger partial charge in [-0.2, -0.15) is 0 Å². The molecule has 7 nitrogen and oxygen atoms in total. The summed E-state index contributed by atoms with van der Waals surface area (Å²) in [6.45, 7) is 8.13. The van der Waals surface area contributed by atoms with Gasteiger partial charge in [-0.3, -0.25) is 9.69 Å². The molecule has 0 aliphatic carbocycles. The molecular weight excluding hydrogens is 384 g/mol. The van der Waals surface area contributed by atoms with Crippen LogP contribution in [-0.4, -0.2) is 51.0 Å². The molecule has 1 aromatic carbocycles. The first-order chi connectivity index (χ1) is 14.3. The van der Waals surface area contributed by atoms with E-state index < -0.39 is 0 Å². The number of nitrogens with one attached hydrogen (secondary N) is 1. The number of piperazine rings is 1. The van der Waals surface area contributed by atoms with Crippen molar-refractivity contribution >= 4 is 37.6 Å². The number of hydrogen-bond donors (Lipinski definition) is 1. The number of aromatic nitrogens is 4. The number of rotatable bonds is 3. The van der Waals surface area contributed by atoms with Gasteiger partial charge < -0.3 is 9.88 Å². The average molecular weight is 409 g/mol. The molecule has 0 bridgehead atoms. The second kappa shape index (κ2) is 8.67. The van der Waals surface area contributed by atoms with E-state index >= 15 is 0 Å². The quantitative estimate of drug-likeness (QED) is 0.561. The number of nitrogens with zero attached hydrogens (tertiary/aromatic N) is 5. The fraction of sp³-hybridized carbons (Fsp3) is 0.333. The summed E-state index contributed by atoms with van der Waals surface area (Å²) in [5, 5.41) is 1.68. The van der Waals surface area contributed by atoms with Crippen molar-refractivity contribution in [2.45, 2.75) is 20.4 Å². The molecule has 4 aromatic rings. The van der Waals surface area contributed by atoms with Crippen molar-refractivity contribution in [2.75, 3.05) is 31.1 Å².